The molecule has 5 nitrogen and oxygen atoms in total. The fourth-order valence-electron chi connectivity index (χ4n) is 2.50. The lowest BCUT2D eigenvalue weighted by atomic mass is 9.98. The lowest BCUT2D eigenvalue weighted by Gasteiger charge is -2.19. The number of para-hydroxylation sites is 1. The van der Waals surface area contributed by atoms with E-state index in [1.165, 1.54) is 11.4 Å². The van der Waals surface area contributed by atoms with Crippen LogP contribution in [0.25, 0.3) is 0 Å². The van der Waals surface area contributed by atoms with Crippen LogP contribution in [0.4, 0.5) is 5.69 Å². The average molecular weight is 360 g/mol. The summed E-state index contributed by atoms with van der Waals surface area (Å²) >= 11 is 0. The Hall–Kier alpha value is -2.34. The van der Waals surface area contributed by atoms with Gasteiger partial charge in [0, 0.05) is 20.0 Å². The molecule has 1 N–H and O–H groups in total. The summed E-state index contributed by atoms with van der Waals surface area (Å²) < 4.78 is 25.9. The number of carbonyl (C=O) groups is 1. The average Bonchev–Trinajstić information content (AvgIpc) is 2.62. The van der Waals surface area contributed by atoms with E-state index in [1.54, 1.807) is 24.3 Å². The van der Waals surface area contributed by atoms with Crippen LogP contribution in [0.3, 0.4) is 0 Å². The van der Waals surface area contributed by atoms with Crippen molar-refractivity contribution in [2.45, 2.75) is 19.3 Å². The molecule has 0 aliphatic rings. The Labute approximate surface area is 149 Å². The molecule has 0 heterocycles. The largest absolute Gasteiger partial charge is 0.355 e. The Morgan fingerprint density at radius 3 is 2.20 bits per heavy atom. The van der Waals surface area contributed by atoms with Crippen LogP contribution in [0.5, 0.6) is 0 Å². The van der Waals surface area contributed by atoms with E-state index in [0.29, 0.717) is 12.1 Å². The van der Waals surface area contributed by atoms with Gasteiger partial charge in [-0.05, 0) is 23.6 Å². The Morgan fingerprint density at radius 1 is 1.04 bits per heavy atom. The predicted molar refractivity (Wildman–Crippen MR) is 101 cm³/mol. The van der Waals surface area contributed by atoms with E-state index in [9.17, 15) is 13.2 Å². The Morgan fingerprint density at radius 2 is 1.60 bits per heavy atom. The fraction of sp³-hybridized carbons (Fsp3) is 0.316. The van der Waals surface area contributed by atoms with Crippen LogP contribution in [0, 0.1) is 0 Å². The van der Waals surface area contributed by atoms with Crippen LogP contribution in [0.15, 0.2) is 60.7 Å². The van der Waals surface area contributed by atoms with Crippen LogP contribution >= 0.6 is 0 Å². The maximum absolute atomic E-state index is 12.3. The Bertz CT molecular complexity index is 777. The zero-order valence-electron chi connectivity index (χ0n) is 14.6. The molecule has 1 amide bonds. The van der Waals surface area contributed by atoms with Crippen molar-refractivity contribution >= 4 is 21.6 Å². The van der Waals surface area contributed by atoms with Crippen molar-refractivity contribution in [2.24, 2.45) is 0 Å². The summed E-state index contributed by atoms with van der Waals surface area (Å²) in [5.41, 5.74) is 1.70. The van der Waals surface area contributed by atoms with Crippen molar-refractivity contribution in [1.82, 2.24) is 5.32 Å². The standard InChI is InChI=1S/C19H24N2O3S/c1-16(17-9-5-3-6-10-17)15-19(22)20-13-14-25(23,24)21(2)18-11-7-4-8-12-18/h3-12,16H,13-15H2,1-2H3,(H,20,22). The van der Waals surface area contributed by atoms with Crippen LogP contribution < -0.4 is 9.62 Å². The van der Waals surface area contributed by atoms with Gasteiger partial charge >= 0.3 is 0 Å². The second kappa shape index (κ2) is 8.67. The molecule has 0 saturated heterocycles. The third-order valence-corrected chi connectivity index (χ3v) is 5.84. The summed E-state index contributed by atoms with van der Waals surface area (Å²) in [7, 11) is -1.95. The number of carbonyl (C=O) groups excluding carboxylic acids is 1. The number of nitrogens with zero attached hydrogens (tertiary/aromatic N) is 1. The SMILES string of the molecule is CC(CC(=O)NCCS(=O)(=O)N(C)c1ccccc1)c1ccccc1. The molecule has 0 radical (unpaired) electrons. The molecule has 1 unspecified atom stereocenters. The van der Waals surface area contributed by atoms with Gasteiger partial charge in [0.2, 0.25) is 15.9 Å². The van der Waals surface area contributed by atoms with Gasteiger partial charge in [-0.3, -0.25) is 9.10 Å². The normalized spacial score (nSPS) is 12.4. The van der Waals surface area contributed by atoms with Gasteiger partial charge in [0.05, 0.1) is 11.4 Å². The second-order valence-corrected chi connectivity index (χ2v) is 8.10. The molecule has 2 aromatic rings. The van der Waals surface area contributed by atoms with Crippen molar-refractivity contribution in [3.63, 3.8) is 0 Å². The summed E-state index contributed by atoms with van der Waals surface area (Å²) in [6, 6.07) is 18.7. The number of amides is 1. The number of benzene rings is 2. The highest BCUT2D eigenvalue weighted by molar-refractivity contribution is 7.92. The lowest BCUT2D eigenvalue weighted by Crippen LogP contribution is -2.35. The summed E-state index contributed by atoms with van der Waals surface area (Å²) in [4.78, 5) is 12.0. The smallest absolute Gasteiger partial charge is 0.236 e. The van der Waals surface area contributed by atoms with E-state index in [4.69, 9.17) is 0 Å². The van der Waals surface area contributed by atoms with E-state index >= 15 is 0 Å². The van der Waals surface area contributed by atoms with E-state index in [-0.39, 0.29) is 24.1 Å². The van der Waals surface area contributed by atoms with Crippen molar-refractivity contribution in [3.05, 3.63) is 66.2 Å². The number of anilines is 1. The van der Waals surface area contributed by atoms with E-state index in [1.807, 2.05) is 43.3 Å². The first-order valence-corrected chi connectivity index (χ1v) is 9.84. The van der Waals surface area contributed by atoms with Crippen LogP contribution in [-0.4, -0.2) is 33.7 Å². The molecule has 0 spiro atoms. The van der Waals surface area contributed by atoms with E-state index in [2.05, 4.69) is 5.32 Å². The van der Waals surface area contributed by atoms with E-state index in [0.717, 1.165) is 5.56 Å². The quantitative estimate of drug-likeness (QED) is 0.787. The number of nitrogens with one attached hydrogen (secondary N) is 1. The van der Waals surface area contributed by atoms with E-state index < -0.39 is 10.0 Å². The summed E-state index contributed by atoms with van der Waals surface area (Å²) in [6.07, 6.45) is 0.332. The molecule has 0 aromatic heterocycles. The monoisotopic (exact) mass is 360 g/mol. The maximum atomic E-state index is 12.3. The van der Waals surface area contributed by atoms with Gasteiger partial charge in [-0.15, -0.1) is 0 Å². The number of rotatable bonds is 8. The maximum Gasteiger partial charge on any atom is 0.236 e. The lowest BCUT2D eigenvalue weighted by molar-refractivity contribution is -0.121. The molecule has 25 heavy (non-hydrogen) atoms. The molecule has 0 bridgehead atoms. The van der Waals surface area contributed by atoms with Gasteiger partial charge in [0.25, 0.3) is 0 Å². The highest BCUT2D eigenvalue weighted by atomic mass is 32.2. The van der Waals surface area contributed by atoms with Crippen molar-refractivity contribution in [2.75, 3.05) is 23.7 Å². The summed E-state index contributed by atoms with van der Waals surface area (Å²) in [5, 5.41) is 2.70. The molecule has 134 valence electrons. The molecule has 1 atom stereocenters. The fourth-order valence-corrected chi connectivity index (χ4v) is 3.58. The van der Waals surface area contributed by atoms with Crippen LogP contribution in [-0.2, 0) is 14.8 Å². The number of sulfonamides is 1. The van der Waals surface area contributed by atoms with Gasteiger partial charge in [0.1, 0.15) is 0 Å². The minimum absolute atomic E-state index is 0.0878. The molecule has 0 aliphatic carbocycles. The van der Waals surface area contributed by atoms with Crippen LogP contribution in [0.1, 0.15) is 24.8 Å². The van der Waals surface area contributed by atoms with Gasteiger partial charge in [0.15, 0.2) is 0 Å². The molecular formula is C19H24N2O3S. The summed E-state index contributed by atoms with van der Waals surface area (Å²) in [6.45, 7) is 2.08. The van der Waals surface area contributed by atoms with Gasteiger partial charge in [-0.1, -0.05) is 55.5 Å². The van der Waals surface area contributed by atoms with Crippen LogP contribution in [0.2, 0.25) is 0 Å². The first kappa shape index (κ1) is 19.0. The Kier molecular flexibility index (Phi) is 6.58. The molecular weight excluding hydrogens is 336 g/mol. The zero-order valence-corrected chi connectivity index (χ0v) is 15.4. The number of hydrogen-bond acceptors (Lipinski definition) is 3. The second-order valence-electron chi connectivity index (χ2n) is 5.98. The topological polar surface area (TPSA) is 66.5 Å². The molecule has 2 rings (SSSR count). The van der Waals surface area contributed by atoms with Crippen molar-refractivity contribution in [3.8, 4) is 0 Å². The molecule has 0 saturated carbocycles. The first-order chi connectivity index (χ1) is 11.9. The third-order valence-electron chi connectivity index (χ3n) is 4.08. The molecule has 2 aromatic carbocycles. The summed E-state index contributed by atoms with van der Waals surface area (Å²) in [5.74, 6) is -0.192. The van der Waals surface area contributed by atoms with Crippen molar-refractivity contribution < 1.29 is 13.2 Å². The van der Waals surface area contributed by atoms with Gasteiger partial charge < -0.3 is 5.32 Å². The van der Waals surface area contributed by atoms with Gasteiger partial charge in [-0.2, -0.15) is 0 Å². The van der Waals surface area contributed by atoms with Crippen molar-refractivity contribution in [1.29, 1.82) is 0 Å². The Balaban J connectivity index is 1.82. The molecule has 0 aliphatic heterocycles. The minimum atomic E-state index is -3.47. The highest BCUT2D eigenvalue weighted by Gasteiger charge is 2.18. The zero-order chi connectivity index (χ0) is 18.3. The minimum Gasteiger partial charge on any atom is -0.355 e. The van der Waals surface area contributed by atoms with Gasteiger partial charge in [-0.25, -0.2) is 8.42 Å². The predicted octanol–water partition coefficient (Wildman–Crippen LogP) is 2.76. The molecule has 0 fully saturated rings. The molecule has 6 heteroatoms. The number of hydrogen-bond donors (Lipinski definition) is 1. The third kappa shape index (κ3) is 5.60. The highest BCUT2D eigenvalue weighted by Crippen LogP contribution is 2.18. The first-order valence-electron chi connectivity index (χ1n) is 8.23.